The highest BCUT2D eigenvalue weighted by molar-refractivity contribution is 5.55. The predicted molar refractivity (Wildman–Crippen MR) is 76.4 cm³/mol. The zero-order valence-electron chi connectivity index (χ0n) is 11.6. The molecule has 1 N–H and O–H groups in total. The predicted octanol–water partition coefficient (Wildman–Crippen LogP) is 2.95. The van der Waals surface area contributed by atoms with Crippen molar-refractivity contribution < 1.29 is 18.7 Å². The Kier molecular flexibility index (Phi) is 4.11. The van der Waals surface area contributed by atoms with Crippen LogP contribution in [-0.4, -0.2) is 15.1 Å². The highest BCUT2D eigenvalue weighted by Gasteiger charge is 2.07. The molecule has 2 heterocycles. The largest absolute Gasteiger partial charge is 0.482 e. The molecule has 0 aliphatic carbocycles. The topological polar surface area (TPSA) is 68.4 Å². The molecule has 0 unspecified atom stereocenters. The second kappa shape index (κ2) is 6.36. The van der Waals surface area contributed by atoms with Gasteiger partial charge in [0.15, 0.2) is 12.4 Å². The van der Waals surface area contributed by atoms with Crippen LogP contribution in [0.4, 0.5) is 4.39 Å². The van der Waals surface area contributed by atoms with Gasteiger partial charge in [0, 0.05) is 5.56 Å². The van der Waals surface area contributed by atoms with Crippen LogP contribution in [0, 0.1) is 5.82 Å². The standard InChI is InChI=1S/C16H13FN2O3/c17-12-3-1-11(2-4-12)15-8-19-16(22-15)10-21-14-6-5-13(9-20)18-7-14/h1-8,20H,9-10H2. The zero-order chi connectivity index (χ0) is 15.4. The van der Waals surface area contributed by atoms with Gasteiger partial charge in [-0.2, -0.15) is 0 Å². The van der Waals surface area contributed by atoms with Gasteiger partial charge in [-0.1, -0.05) is 0 Å². The SMILES string of the molecule is OCc1ccc(OCc2ncc(-c3ccc(F)cc3)o2)cn1. The average Bonchev–Trinajstić information content (AvgIpc) is 3.03. The molecular formula is C16H13FN2O3. The first-order valence-corrected chi connectivity index (χ1v) is 6.64. The summed E-state index contributed by atoms with van der Waals surface area (Å²) in [5.41, 5.74) is 1.32. The molecular weight excluding hydrogens is 287 g/mol. The van der Waals surface area contributed by atoms with Crippen LogP contribution in [0.3, 0.4) is 0 Å². The van der Waals surface area contributed by atoms with Crippen LogP contribution < -0.4 is 4.74 Å². The number of aliphatic hydroxyl groups is 1. The molecule has 22 heavy (non-hydrogen) atoms. The number of halogens is 1. The lowest BCUT2D eigenvalue weighted by Crippen LogP contribution is -1.97. The fourth-order valence-electron chi connectivity index (χ4n) is 1.86. The van der Waals surface area contributed by atoms with Crippen LogP contribution in [-0.2, 0) is 13.2 Å². The first-order valence-electron chi connectivity index (χ1n) is 6.64. The summed E-state index contributed by atoms with van der Waals surface area (Å²) < 4.78 is 23.9. The normalized spacial score (nSPS) is 10.6. The Bertz CT molecular complexity index is 739. The summed E-state index contributed by atoms with van der Waals surface area (Å²) in [6, 6.07) is 9.36. The van der Waals surface area contributed by atoms with Crippen LogP contribution in [0.15, 0.2) is 53.2 Å². The van der Waals surface area contributed by atoms with Gasteiger partial charge >= 0.3 is 0 Å². The molecule has 0 aliphatic heterocycles. The third-order valence-electron chi connectivity index (χ3n) is 3.00. The van der Waals surface area contributed by atoms with Crippen LogP contribution in [0.5, 0.6) is 5.75 Å². The Labute approximate surface area is 126 Å². The maximum atomic E-state index is 12.9. The molecule has 0 saturated heterocycles. The van der Waals surface area contributed by atoms with Crippen molar-refractivity contribution in [1.82, 2.24) is 9.97 Å². The highest BCUT2D eigenvalue weighted by atomic mass is 19.1. The molecule has 0 fully saturated rings. The maximum Gasteiger partial charge on any atom is 0.232 e. The third-order valence-corrected chi connectivity index (χ3v) is 3.00. The number of aliphatic hydroxyl groups excluding tert-OH is 1. The number of hydrogen-bond donors (Lipinski definition) is 1. The van der Waals surface area contributed by atoms with E-state index in [2.05, 4.69) is 9.97 Å². The van der Waals surface area contributed by atoms with E-state index in [0.717, 1.165) is 5.56 Å². The lowest BCUT2D eigenvalue weighted by Gasteiger charge is -2.03. The third kappa shape index (κ3) is 3.29. The summed E-state index contributed by atoms with van der Waals surface area (Å²) in [5.74, 6) is 1.21. The van der Waals surface area contributed by atoms with E-state index in [-0.39, 0.29) is 19.0 Å². The molecule has 112 valence electrons. The molecule has 3 aromatic rings. The molecule has 0 atom stereocenters. The van der Waals surface area contributed by atoms with E-state index in [1.807, 2.05) is 0 Å². The summed E-state index contributed by atoms with van der Waals surface area (Å²) in [5, 5.41) is 8.91. The van der Waals surface area contributed by atoms with Gasteiger partial charge < -0.3 is 14.3 Å². The number of oxazole rings is 1. The molecule has 5 nitrogen and oxygen atoms in total. The molecule has 2 aromatic heterocycles. The number of nitrogens with zero attached hydrogens (tertiary/aromatic N) is 2. The monoisotopic (exact) mass is 300 g/mol. The number of benzene rings is 1. The second-order valence-electron chi connectivity index (χ2n) is 4.56. The van der Waals surface area contributed by atoms with E-state index in [0.29, 0.717) is 23.1 Å². The van der Waals surface area contributed by atoms with Gasteiger partial charge in [-0.05, 0) is 36.4 Å². The minimum atomic E-state index is -0.300. The summed E-state index contributed by atoms with van der Waals surface area (Å²) in [4.78, 5) is 8.13. The number of pyridine rings is 1. The molecule has 3 rings (SSSR count). The van der Waals surface area contributed by atoms with E-state index < -0.39 is 0 Å². The van der Waals surface area contributed by atoms with Gasteiger partial charge in [-0.15, -0.1) is 0 Å². The quantitative estimate of drug-likeness (QED) is 0.784. The van der Waals surface area contributed by atoms with Crippen molar-refractivity contribution in [3.8, 4) is 17.1 Å². The van der Waals surface area contributed by atoms with Crippen LogP contribution in [0.2, 0.25) is 0 Å². The minimum Gasteiger partial charge on any atom is -0.482 e. The Morgan fingerprint density at radius 3 is 2.55 bits per heavy atom. The van der Waals surface area contributed by atoms with Gasteiger partial charge in [0.25, 0.3) is 0 Å². The molecule has 0 saturated carbocycles. The van der Waals surface area contributed by atoms with Crippen LogP contribution >= 0.6 is 0 Å². The number of ether oxygens (including phenoxy) is 1. The number of rotatable bonds is 5. The second-order valence-corrected chi connectivity index (χ2v) is 4.56. The van der Waals surface area contributed by atoms with Crippen LogP contribution in [0.25, 0.3) is 11.3 Å². The fourth-order valence-corrected chi connectivity index (χ4v) is 1.86. The fraction of sp³-hybridized carbons (Fsp3) is 0.125. The van der Waals surface area contributed by atoms with Gasteiger partial charge in [0.05, 0.1) is 24.7 Å². The minimum absolute atomic E-state index is 0.110. The molecule has 0 spiro atoms. The lowest BCUT2D eigenvalue weighted by atomic mass is 10.2. The van der Waals surface area contributed by atoms with Gasteiger partial charge in [-0.25, -0.2) is 9.37 Å². The van der Waals surface area contributed by atoms with Gasteiger partial charge in [0.2, 0.25) is 5.89 Å². The molecule has 1 aromatic carbocycles. The molecule has 0 radical (unpaired) electrons. The first kappa shape index (κ1) is 14.2. The van der Waals surface area contributed by atoms with Crippen molar-refractivity contribution in [1.29, 1.82) is 0 Å². The van der Waals surface area contributed by atoms with Crippen molar-refractivity contribution in [2.75, 3.05) is 0 Å². The number of hydrogen-bond acceptors (Lipinski definition) is 5. The number of aromatic nitrogens is 2. The van der Waals surface area contributed by atoms with Gasteiger partial charge in [0.1, 0.15) is 11.6 Å². The Morgan fingerprint density at radius 2 is 1.86 bits per heavy atom. The summed E-state index contributed by atoms with van der Waals surface area (Å²) in [6.45, 7) is 0.0440. The van der Waals surface area contributed by atoms with E-state index in [4.69, 9.17) is 14.3 Å². The van der Waals surface area contributed by atoms with Gasteiger partial charge in [-0.3, -0.25) is 4.98 Å². The molecule has 0 amide bonds. The van der Waals surface area contributed by atoms with E-state index in [1.54, 1.807) is 30.5 Å². The highest BCUT2D eigenvalue weighted by Crippen LogP contribution is 2.21. The first-order chi connectivity index (χ1) is 10.7. The Hall–Kier alpha value is -2.73. The summed E-state index contributed by atoms with van der Waals surface area (Å²) in [7, 11) is 0. The van der Waals surface area contributed by atoms with Crippen molar-refractivity contribution in [3.05, 3.63) is 66.2 Å². The molecule has 0 bridgehead atoms. The van der Waals surface area contributed by atoms with Crippen LogP contribution in [0.1, 0.15) is 11.6 Å². The lowest BCUT2D eigenvalue weighted by molar-refractivity contribution is 0.260. The van der Waals surface area contributed by atoms with E-state index >= 15 is 0 Å². The molecule has 6 heteroatoms. The van der Waals surface area contributed by atoms with E-state index in [1.165, 1.54) is 18.3 Å². The smallest absolute Gasteiger partial charge is 0.232 e. The zero-order valence-corrected chi connectivity index (χ0v) is 11.6. The molecule has 0 aliphatic rings. The Balaban J connectivity index is 1.65. The maximum absolute atomic E-state index is 12.9. The van der Waals surface area contributed by atoms with E-state index in [9.17, 15) is 4.39 Å². The Morgan fingerprint density at radius 1 is 1.05 bits per heavy atom. The summed E-state index contributed by atoms with van der Waals surface area (Å²) >= 11 is 0. The van der Waals surface area contributed by atoms with Crippen molar-refractivity contribution in [2.45, 2.75) is 13.2 Å². The summed E-state index contributed by atoms with van der Waals surface area (Å²) in [6.07, 6.45) is 3.09. The van der Waals surface area contributed by atoms with Crippen molar-refractivity contribution >= 4 is 0 Å². The van der Waals surface area contributed by atoms with Crippen molar-refractivity contribution in [3.63, 3.8) is 0 Å². The van der Waals surface area contributed by atoms with Crippen molar-refractivity contribution in [2.24, 2.45) is 0 Å². The average molecular weight is 300 g/mol.